The van der Waals surface area contributed by atoms with Gasteiger partial charge in [0.2, 0.25) is 0 Å². The Hall–Kier alpha value is -1.91. The zero-order chi connectivity index (χ0) is 13.1. The highest BCUT2D eigenvalue weighted by Crippen LogP contribution is 2.27. The number of likely N-dealkylation sites (N-methyl/N-ethyl adjacent to an activating group) is 1. The molecule has 0 N–H and O–H groups in total. The Bertz CT molecular complexity index is 447. The van der Waals surface area contributed by atoms with Gasteiger partial charge in [-0.25, -0.2) is 4.79 Å². The maximum atomic E-state index is 12.0. The van der Waals surface area contributed by atoms with Gasteiger partial charge in [-0.1, -0.05) is 0 Å². The summed E-state index contributed by atoms with van der Waals surface area (Å²) in [5.74, 6) is 0.109. The minimum absolute atomic E-state index is 0.0157. The molecule has 1 atom stereocenters. The quantitative estimate of drug-likeness (QED) is 0.809. The third-order valence-corrected chi connectivity index (χ3v) is 3.26. The molecular formula is C13H17N3O2. The van der Waals surface area contributed by atoms with E-state index in [2.05, 4.69) is 4.98 Å². The van der Waals surface area contributed by atoms with Gasteiger partial charge in [0.15, 0.2) is 0 Å². The molecule has 1 unspecified atom stereocenters. The van der Waals surface area contributed by atoms with Crippen molar-refractivity contribution in [2.24, 2.45) is 0 Å². The summed E-state index contributed by atoms with van der Waals surface area (Å²) in [6, 6.07) is 3.87. The minimum atomic E-state index is -0.0157. The van der Waals surface area contributed by atoms with Crippen LogP contribution < -0.4 is 0 Å². The zero-order valence-electron chi connectivity index (χ0n) is 10.7. The van der Waals surface area contributed by atoms with Crippen molar-refractivity contribution >= 4 is 11.8 Å². The molecule has 1 aliphatic heterocycles. The van der Waals surface area contributed by atoms with Crippen LogP contribution in [0.4, 0.5) is 4.79 Å². The summed E-state index contributed by atoms with van der Waals surface area (Å²) in [6.45, 7) is 2.68. The Morgan fingerprint density at radius 2 is 2.11 bits per heavy atom. The van der Waals surface area contributed by atoms with E-state index in [1.807, 2.05) is 12.1 Å². The number of hydrogen-bond donors (Lipinski definition) is 0. The molecule has 0 saturated carbocycles. The van der Waals surface area contributed by atoms with Gasteiger partial charge in [-0.05, 0) is 24.6 Å². The minimum Gasteiger partial charge on any atom is -0.322 e. The van der Waals surface area contributed by atoms with Crippen LogP contribution >= 0.6 is 0 Å². The molecule has 0 spiro atoms. The van der Waals surface area contributed by atoms with Gasteiger partial charge < -0.3 is 9.80 Å². The predicted molar refractivity (Wildman–Crippen MR) is 67.0 cm³/mol. The van der Waals surface area contributed by atoms with E-state index in [-0.39, 0.29) is 17.9 Å². The van der Waals surface area contributed by atoms with Crippen LogP contribution in [-0.2, 0) is 4.79 Å². The lowest BCUT2D eigenvalue weighted by Gasteiger charge is -2.17. The number of aromatic nitrogens is 1. The molecule has 96 valence electrons. The van der Waals surface area contributed by atoms with Crippen LogP contribution in [0.2, 0.25) is 0 Å². The molecule has 5 heteroatoms. The third-order valence-electron chi connectivity index (χ3n) is 3.26. The number of carbonyl (C=O) groups excluding carboxylic acids is 2. The van der Waals surface area contributed by atoms with E-state index in [9.17, 15) is 9.59 Å². The Morgan fingerprint density at radius 3 is 2.72 bits per heavy atom. The first-order valence-electron chi connectivity index (χ1n) is 6.00. The van der Waals surface area contributed by atoms with E-state index < -0.39 is 0 Å². The smallest absolute Gasteiger partial charge is 0.320 e. The molecule has 1 fully saturated rings. The van der Waals surface area contributed by atoms with Gasteiger partial charge in [-0.3, -0.25) is 9.78 Å². The molecule has 2 rings (SSSR count). The lowest BCUT2D eigenvalue weighted by atomic mass is 10.1. The average Bonchev–Trinajstić information content (AvgIpc) is 2.65. The predicted octanol–water partition coefficient (Wildman–Crippen LogP) is 1.47. The average molecular weight is 247 g/mol. The molecule has 1 aliphatic rings. The van der Waals surface area contributed by atoms with Gasteiger partial charge in [-0.2, -0.15) is 0 Å². The molecule has 18 heavy (non-hydrogen) atoms. The number of hydrogen-bond acceptors (Lipinski definition) is 3. The number of nitrogens with zero attached hydrogens (tertiary/aromatic N) is 3. The Labute approximate surface area is 106 Å². The SMILES string of the molecule is CC(=O)CCN1CC(c2ccncc2)N(C)C1=O. The maximum absolute atomic E-state index is 12.0. The second kappa shape index (κ2) is 5.16. The number of rotatable bonds is 4. The van der Waals surface area contributed by atoms with E-state index in [0.29, 0.717) is 19.5 Å². The summed E-state index contributed by atoms with van der Waals surface area (Å²) >= 11 is 0. The monoisotopic (exact) mass is 247 g/mol. The molecular weight excluding hydrogens is 230 g/mol. The van der Waals surface area contributed by atoms with Gasteiger partial charge >= 0.3 is 6.03 Å². The van der Waals surface area contributed by atoms with Gasteiger partial charge in [0.1, 0.15) is 5.78 Å². The van der Waals surface area contributed by atoms with Gasteiger partial charge in [0.25, 0.3) is 0 Å². The van der Waals surface area contributed by atoms with Crippen molar-refractivity contribution in [3.05, 3.63) is 30.1 Å². The topological polar surface area (TPSA) is 53.5 Å². The third kappa shape index (κ3) is 2.50. The zero-order valence-corrected chi connectivity index (χ0v) is 10.7. The fourth-order valence-corrected chi connectivity index (χ4v) is 2.16. The number of ketones is 1. The highest BCUT2D eigenvalue weighted by molar-refractivity contribution is 5.79. The molecule has 1 saturated heterocycles. The van der Waals surface area contributed by atoms with E-state index in [0.717, 1.165) is 5.56 Å². The molecule has 2 amide bonds. The molecule has 0 bridgehead atoms. The number of carbonyl (C=O) groups is 2. The summed E-state index contributed by atoms with van der Waals surface area (Å²) in [6.07, 6.45) is 3.88. The van der Waals surface area contributed by atoms with Crippen LogP contribution in [0.15, 0.2) is 24.5 Å². The normalized spacial score (nSPS) is 19.4. The van der Waals surface area contributed by atoms with E-state index in [1.54, 1.807) is 36.2 Å². The van der Waals surface area contributed by atoms with Crippen molar-refractivity contribution in [2.45, 2.75) is 19.4 Å². The van der Waals surface area contributed by atoms with Crippen molar-refractivity contribution in [1.82, 2.24) is 14.8 Å². The van der Waals surface area contributed by atoms with E-state index in [4.69, 9.17) is 0 Å². The van der Waals surface area contributed by atoms with Crippen molar-refractivity contribution in [1.29, 1.82) is 0 Å². The molecule has 0 radical (unpaired) electrons. The highest BCUT2D eigenvalue weighted by Gasteiger charge is 2.35. The van der Waals surface area contributed by atoms with Gasteiger partial charge in [0.05, 0.1) is 6.04 Å². The first-order chi connectivity index (χ1) is 8.59. The van der Waals surface area contributed by atoms with E-state index >= 15 is 0 Å². The standard InChI is InChI=1S/C13H17N3O2/c1-10(17)5-8-16-9-12(15(2)13(16)18)11-3-6-14-7-4-11/h3-4,6-7,12H,5,8-9H2,1-2H3. The second-order valence-electron chi connectivity index (χ2n) is 4.59. The number of amides is 2. The lowest BCUT2D eigenvalue weighted by Crippen LogP contribution is -2.31. The molecule has 1 aromatic heterocycles. The number of pyridine rings is 1. The van der Waals surface area contributed by atoms with Crippen molar-refractivity contribution in [3.8, 4) is 0 Å². The maximum Gasteiger partial charge on any atom is 0.320 e. The number of Topliss-reactive ketones (excluding diaryl/α,β-unsaturated/α-hetero) is 1. The number of urea groups is 1. The molecule has 2 heterocycles. The fraction of sp³-hybridized carbons (Fsp3) is 0.462. The van der Waals surface area contributed by atoms with Gasteiger partial charge in [-0.15, -0.1) is 0 Å². The first kappa shape index (κ1) is 12.5. The highest BCUT2D eigenvalue weighted by atomic mass is 16.2. The summed E-state index contributed by atoms with van der Waals surface area (Å²) in [5.41, 5.74) is 1.08. The van der Waals surface area contributed by atoms with Crippen LogP contribution in [0, 0.1) is 0 Å². The lowest BCUT2D eigenvalue weighted by molar-refractivity contribution is -0.117. The van der Waals surface area contributed by atoms with Crippen LogP contribution in [0.1, 0.15) is 24.9 Å². The summed E-state index contributed by atoms with van der Waals surface area (Å²) in [7, 11) is 1.79. The fourth-order valence-electron chi connectivity index (χ4n) is 2.16. The van der Waals surface area contributed by atoms with Crippen LogP contribution in [0.5, 0.6) is 0 Å². The molecule has 1 aromatic rings. The van der Waals surface area contributed by atoms with Gasteiger partial charge in [0, 0.05) is 39.0 Å². The molecule has 5 nitrogen and oxygen atoms in total. The Kier molecular flexibility index (Phi) is 3.60. The molecule has 0 aliphatic carbocycles. The van der Waals surface area contributed by atoms with Crippen LogP contribution in [0.25, 0.3) is 0 Å². The van der Waals surface area contributed by atoms with Crippen molar-refractivity contribution < 1.29 is 9.59 Å². The van der Waals surface area contributed by atoms with Crippen LogP contribution in [-0.4, -0.2) is 46.7 Å². The van der Waals surface area contributed by atoms with Crippen molar-refractivity contribution in [3.63, 3.8) is 0 Å². The Balaban J connectivity index is 2.07. The largest absolute Gasteiger partial charge is 0.322 e. The Morgan fingerprint density at radius 1 is 1.44 bits per heavy atom. The molecule has 0 aromatic carbocycles. The summed E-state index contributed by atoms with van der Waals surface area (Å²) < 4.78 is 0. The first-order valence-corrected chi connectivity index (χ1v) is 6.00. The van der Waals surface area contributed by atoms with Crippen LogP contribution in [0.3, 0.4) is 0 Å². The summed E-state index contributed by atoms with van der Waals surface area (Å²) in [5, 5.41) is 0. The van der Waals surface area contributed by atoms with E-state index in [1.165, 1.54) is 0 Å². The second-order valence-corrected chi connectivity index (χ2v) is 4.59. The van der Waals surface area contributed by atoms with Crippen molar-refractivity contribution in [2.75, 3.05) is 20.1 Å². The summed E-state index contributed by atoms with van der Waals surface area (Å²) in [4.78, 5) is 30.4.